The molecule has 2 aromatic carbocycles. The lowest BCUT2D eigenvalue weighted by atomic mass is 10.2. The number of carbonyl (C=O) groups is 2. The first-order valence-electron chi connectivity index (χ1n) is 8.30. The average Bonchev–Trinajstić information content (AvgIpc) is 2.57. The van der Waals surface area contributed by atoms with Crippen LogP contribution in [0.5, 0.6) is 5.75 Å². The van der Waals surface area contributed by atoms with Gasteiger partial charge in [-0.25, -0.2) is 0 Å². The molecule has 0 heterocycles. The minimum Gasteiger partial charge on any atom is -0.481 e. The Kier molecular flexibility index (Phi) is 6.64. The molecule has 2 rings (SSSR count). The Morgan fingerprint density at radius 1 is 1.23 bits per heavy atom. The highest BCUT2D eigenvalue weighted by atomic mass is 35.5. The summed E-state index contributed by atoms with van der Waals surface area (Å²) in [4.78, 5) is 25.4. The number of halogens is 1. The number of nitrogens with one attached hydrogen (secondary N) is 1. The third-order valence-electron chi connectivity index (χ3n) is 3.96. The first kappa shape index (κ1) is 19.8. The van der Waals surface area contributed by atoms with Crippen molar-refractivity contribution in [3.05, 3.63) is 58.6 Å². The maximum absolute atomic E-state index is 12.4. The van der Waals surface area contributed by atoms with Crippen LogP contribution >= 0.6 is 11.6 Å². The van der Waals surface area contributed by atoms with E-state index in [0.717, 1.165) is 11.1 Å². The van der Waals surface area contributed by atoms with Gasteiger partial charge in [-0.15, -0.1) is 0 Å². The van der Waals surface area contributed by atoms with Crippen LogP contribution in [0.15, 0.2) is 42.5 Å². The molecule has 26 heavy (non-hydrogen) atoms. The van der Waals surface area contributed by atoms with Crippen molar-refractivity contribution in [1.82, 2.24) is 4.90 Å². The molecule has 0 saturated carbocycles. The number of ether oxygens (including phenoxy) is 1. The Labute approximate surface area is 158 Å². The standard InChI is InChI=1S/C20H23ClN2O3/c1-13-10-17(21)8-9-19(13)26-14(2)20(25)22-18-7-5-6-16(11-18)12-23(4)15(3)24/h5-11,14H,12H2,1-4H3,(H,22,25). The Morgan fingerprint density at radius 2 is 1.96 bits per heavy atom. The quantitative estimate of drug-likeness (QED) is 0.830. The second-order valence-corrected chi connectivity index (χ2v) is 6.67. The van der Waals surface area contributed by atoms with Crippen molar-refractivity contribution in [1.29, 1.82) is 0 Å². The van der Waals surface area contributed by atoms with Crippen molar-refractivity contribution in [3.8, 4) is 5.75 Å². The molecule has 0 spiro atoms. The molecular weight excluding hydrogens is 352 g/mol. The summed E-state index contributed by atoms with van der Waals surface area (Å²) in [6.45, 7) is 5.57. The molecule has 1 N–H and O–H groups in total. The predicted octanol–water partition coefficient (Wildman–Crippen LogP) is 4.03. The molecule has 1 unspecified atom stereocenters. The molecule has 5 nitrogen and oxygen atoms in total. The number of benzene rings is 2. The van der Waals surface area contributed by atoms with Gasteiger partial charge in [-0.1, -0.05) is 23.7 Å². The van der Waals surface area contributed by atoms with Gasteiger partial charge in [0.15, 0.2) is 6.10 Å². The van der Waals surface area contributed by atoms with Gasteiger partial charge in [-0.05, 0) is 55.3 Å². The molecule has 2 amide bonds. The van der Waals surface area contributed by atoms with Crippen LogP contribution in [0.25, 0.3) is 0 Å². The van der Waals surface area contributed by atoms with E-state index in [1.807, 2.05) is 25.1 Å². The molecule has 0 aliphatic rings. The Morgan fingerprint density at radius 3 is 2.62 bits per heavy atom. The Balaban J connectivity index is 2.01. The van der Waals surface area contributed by atoms with Gasteiger partial charge in [0.05, 0.1) is 0 Å². The number of amides is 2. The highest BCUT2D eigenvalue weighted by Gasteiger charge is 2.16. The van der Waals surface area contributed by atoms with Gasteiger partial charge in [0.1, 0.15) is 5.75 Å². The fourth-order valence-electron chi connectivity index (χ4n) is 2.37. The smallest absolute Gasteiger partial charge is 0.265 e. The minimum atomic E-state index is -0.668. The van der Waals surface area contributed by atoms with E-state index in [2.05, 4.69) is 5.32 Å². The fourth-order valence-corrected chi connectivity index (χ4v) is 2.59. The van der Waals surface area contributed by atoms with Crippen LogP contribution < -0.4 is 10.1 Å². The summed E-state index contributed by atoms with van der Waals surface area (Å²) in [7, 11) is 1.73. The van der Waals surface area contributed by atoms with Crippen molar-refractivity contribution in [2.24, 2.45) is 0 Å². The molecule has 0 bridgehead atoms. The molecule has 138 valence electrons. The van der Waals surface area contributed by atoms with E-state index in [1.54, 1.807) is 43.1 Å². The van der Waals surface area contributed by atoms with Crippen molar-refractivity contribution in [2.75, 3.05) is 12.4 Å². The molecule has 0 radical (unpaired) electrons. The molecule has 1 atom stereocenters. The topological polar surface area (TPSA) is 58.6 Å². The van der Waals surface area contributed by atoms with Gasteiger partial charge in [0.25, 0.3) is 5.91 Å². The summed E-state index contributed by atoms with van der Waals surface area (Å²) in [5, 5.41) is 3.47. The number of carbonyl (C=O) groups excluding carboxylic acids is 2. The minimum absolute atomic E-state index is 0.0141. The SMILES string of the molecule is CC(=O)N(C)Cc1cccc(NC(=O)C(C)Oc2ccc(Cl)cc2C)c1. The van der Waals surface area contributed by atoms with E-state index < -0.39 is 6.10 Å². The van der Waals surface area contributed by atoms with Crippen molar-refractivity contribution >= 4 is 29.1 Å². The maximum atomic E-state index is 12.4. The van der Waals surface area contributed by atoms with E-state index in [9.17, 15) is 9.59 Å². The van der Waals surface area contributed by atoms with Gasteiger partial charge < -0.3 is 15.0 Å². The van der Waals surface area contributed by atoms with E-state index in [1.165, 1.54) is 6.92 Å². The maximum Gasteiger partial charge on any atom is 0.265 e. The molecule has 0 saturated heterocycles. The van der Waals surface area contributed by atoms with Gasteiger partial charge in [-0.3, -0.25) is 9.59 Å². The summed E-state index contributed by atoms with van der Waals surface area (Å²) in [6, 6.07) is 12.7. The van der Waals surface area contributed by atoms with Crippen LogP contribution in [0.2, 0.25) is 5.02 Å². The van der Waals surface area contributed by atoms with Crippen molar-refractivity contribution in [3.63, 3.8) is 0 Å². The lowest BCUT2D eigenvalue weighted by molar-refractivity contribution is -0.128. The van der Waals surface area contributed by atoms with Crippen LogP contribution in [0.3, 0.4) is 0 Å². The highest BCUT2D eigenvalue weighted by molar-refractivity contribution is 6.30. The highest BCUT2D eigenvalue weighted by Crippen LogP contribution is 2.23. The van der Waals surface area contributed by atoms with E-state index in [0.29, 0.717) is 23.0 Å². The summed E-state index contributed by atoms with van der Waals surface area (Å²) in [5.41, 5.74) is 2.46. The predicted molar refractivity (Wildman–Crippen MR) is 103 cm³/mol. The Bertz CT molecular complexity index is 807. The average molecular weight is 375 g/mol. The zero-order valence-electron chi connectivity index (χ0n) is 15.4. The second-order valence-electron chi connectivity index (χ2n) is 6.23. The van der Waals surface area contributed by atoms with Crippen molar-refractivity contribution < 1.29 is 14.3 Å². The fraction of sp³-hybridized carbons (Fsp3) is 0.300. The number of nitrogens with zero attached hydrogens (tertiary/aromatic N) is 1. The molecule has 0 aliphatic carbocycles. The number of anilines is 1. The largest absolute Gasteiger partial charge is 0.481 e. The van der Waals surface area contributed by atoms with Gasteiger partial charge in [0.2, 0.25) is 5.91 Å². The zero-order chi connectivity index (χ0) is 19.3. The summed E-state index contributed by atoms with van der Waals surface area (Å²) in [6.07, 6.45) is -0.668. The summed E-state index contributed by atoms with van der Waals surface area (Å²) in [5.74, 6) is 0.352. The van der Waals surface area contributed by atoms with E-state index >= 15 is 0 Å². The number of hydrogen-bond acceptors (Lipinski definition) is 3. The molecule has 6 heteroatoms. The molecule has 0 aliphatic heterocycles. The van der Waals surface area contributed by atoms with Crippen molar-refractivity contribution in [2.45, 2.75) is 33.4 Å². The van der Waals surface area contributed by atoms with Crippen LogP contribution in [0.4, 0.5) is 5.69 Å². The zero-order valence-corrected chi connectivity index (χ0v) is 16.1. The van der Waals surface area contributed by atoms with Crippen LogP contribution in [0, 0.1) is 6.92 Å². The number of hydrogen-bond donors (Lipinski definition) is 1. The Hall–Kier alpha value is -2.53. The monoisotopic (exact) mass is 374 g/mol. The summed E-state index contributed by atoms with van der Waals surface area (Å²) < 4.78 is 5.74. The number of aryl methyl sites for hydroxylation is 1. The van der Waals surface area contributed by atoms with Gasteiger partial charge in [-0.2, -0.15) is 0 Å². The normalized spacial score (nSPS) is 11.6. The lowest BCUT2D eigenvalue weighted by Crippen LogP contribution is -2.30. The first-order chi connectivity index (χ1) is 12.3. The number of rotatable bonds is 6. The third kappa shape index (κ3) is 5.49. The molecule has 0 aromatic heterocycles. The molecule has 0 fully saturated rings. The second kappa shape index (κ2) is 8.72. The lowest BCUT2D eigenvalue weighted by Gasteiger charge is -2.18. The van der Waals surface area contributed by atoms with E-state index in [-0.39, 0.29) is 11.8 Å². The van der Waals surface area contributed by atoms with Crippen LogP contribution in [-0.4, -0.2) is 29.9 Å². The van der Waals surface area contributed by atoms with E-state index in [4.69, 9.17) is 16.3 Å². The van der Waals surface area contributed by atoms with Crippen LogP contribution in [-0.2, 0) is 16.1 Å². The van der Waals surface area contributed by atoms with Gasteiger partial charge in [0, 0.05) is 31.2 Å². The molecular formula is C20H23ClN2O3. The first-order valence-corrected chi connectivity index (χ1v) is 8.68. The van der Waals surface area contributed by atoms with Crippen LogP contribution in [0.1, 0.15) is 25.0 Å². The molecule has 2 aromatic rings. The van der Waals surface area contributed by atoms with Gasteiger partial charge >= 0.3 is 0 Å². The third-order valence-corrected chi connectivity index (χ3v) is 4.20. The summed E-state index contributed by atoms with van der Waals surface area (Å²) >= 11 is 5.93.